The summed E-state index contributed by atoms with van der Waals surface area (Å²) in [6, 6.07) is 16.6. The second-order valence-electron chi connectivity index (χ2n) is 6.83. The Morgan fingerprint density at radius 1 is 1.00 bits per heavy atom. The molecule has 0 bridgehead atoms. The van der Waals surface area contributed by atoms with Crippen LogP contribution < -0.4 is 21.7 Å². The highest BCUT2D eigenvalue weighted by molar-refractivity contribution is 5.97. The second-order valence-corrected chi connectivity index (χ2v) is 6.83. The number of unbranched alkanes of at least 4 members (excludes halogenated alkanes) is 1. The van der Waals surface area contributed by atoms with E-state index in [0.29, 0.717) is 25.2 Å². The molecule has 0 saturated heterocycles. The highest BCUT2D eigenvalue weighted by Crippen LogP contribution is 2.10. The molecule has 5 N–H and O–H groups in total. The van der Waals surface area contributed by atoms with Crippen molar-refractivity contribution in [2.45, 2.75) is 38.6 Å². The predicted molar refractivity (Wildman–Crippen MR) is 113 cm³/mol. The summed E-state index contributed by atoms with van der Waals surface area (Å²) < 4.78 is 0. The third-order valence-electron chi connectivity index (χ3n) is 4.43. The van der Waals surface area contributed by atoms with Crippen LogP contribution in [0, 0.1) is 6.92 Å². The van der Waals surface area contributed by atoms with Crippen LogP contribution in [0.2, 0.25) is 0 Å². The smallest absolute Gasteiger partial charge is 0.315 e. The van der Waals surface area contributed by atoms with Crippen molar-refractivity contribution >= 4 is 17.6 Å². The van der Waals surface area contributed by atoms with Gasteiger partial charge in [-0.25, -0.2) is 4.79 Å². The van der Waals surface area contributed by atoms with Crippen LogP contribution in [0.4, 0.5) is 10.5 Å². The molecule has 28 heavy (non-hydrogen) atoms. The standard InChI is InChI=1S/C22H30N4O2/c1-17-10-12-19(13-11-17)25-21(27)20(9-5-6-15-23)26-22(28)24-16-14-18-7-3-2-4-8-18/h2-4,7-8,10-13,20H,5-6,9,14-16,23H2,1H3,(H,25,27)(H2,24,26,28)/t20-/m0/s1. The number of hydrogen-bond donors (Lipinski definition) is 4. The van der Waals surface area contributed by atoms with Gasteiger partial charge >= 0.3 is 6.03 Å². The quantitative estimate of drug-likeness (QED) is 0.476. The first-order valence-corrected chi connectivity index (χ1v) is 9.74. The molecule has 0 aliphatic carbocycles. The third kappa shape index (κ3) is 7.80. The summed E-state index contributed by atoms with van der Waals surface area (Å²) in [5.74, 6) is -0.223. The lowest BCUT2D eigenvalue weighted by atomic mass is 10.1. The Balaban J connectivity index is 1.86. The molecule has 2 aromatic rings. The lowest BCUT2D eigenvalue weighted by molar-refractivity contribution is -0.118. The van der Waals surface area contributed by atoms with Gasteiger partial charge in [-0.1, -0.05) is 48.0 Å². The Labute approximate surface area is 166 Å². The Morgan fingerprint density at radius 2 is 1.71 bits per heavy atom. The molecular weight excluding hydrogens is 352 g/mol. The van der Waals surface area contributed by atoms with E-state index in [9.17, 15) is 9.59 Å². The molecule has 0 saturated carbocycles. The number of nitrogens with two attached hydrogens (primary N) is 1. The zero-order valence-electron chi connectivity index (χ0n) is 16.4. The van der Waals surface area contributed by atoms with Gasteiger partial charge in [-0.2, -0.15) is 0 Å². The topological polar surface area (TPSA) is 96.2 Å². The average Bonchev–Trinajstić information content (AvgIpc) is 2.70. The van der Waals surface area contributed by atoms with Crippen molar-refractivity contribution in [3.8, 4) is 0 Å². The maximum atomic E-state index is 12.6. The minimum absolute atomic E-state index is 0.223. The van der Waals surface area contributed by atoms with Crippen molar-refractivity contribution in [3.63, 3.8) is 0 Å². The fourth-order valence-corrected chi connectivity index (χ4v) is 2.80. The van der Waals surface area contributed by atoms with Gasteiger partial charge in [-0.3, -0.25) is 4.79 Å². The summed E-state index contributed by atoms with van der Waals surface area (Å²) in [4.78, 5) is 24.9. The van der Waals surface area contributed by atoms with E-state index in [0.717, 1.165) is 30.4 Å². The van der Waals surface area contributed by atoms with E-state index in [4.69, 9.17) is 5.73 Å². The van der Waals surface area contributed by atoms with Gasteiger partial charge in [0.1, 0.15) is 6.04 Å². The van der Waals surface area contributed by atoms with E-state index in [1.54, 1.807) is 0 Å². The van der Waals surface area contributed by atoms with Gasteiger partial charge in [0.25, 0.3) is 0 Å². The van der Waals surface area contributed by atoms with Crippen molar-refractivity contribution < 1.29 is 9.59 Å². The average molecular weight is 383 g/mol. The van der Waals surface area contributed by atoms with Crippen LogP contribution in [0.3, 0.4) is 0 Å². The number of nitrogens with one attached hydrogen (secondary N) is 3. The van der Waals surface area contributed by atoms with Crippen LogP contribution in [0.25, 0.3) is 0 Å². The lowest BCUT2D eigenvalue weighted by Crippen LogP contribution is -2.48. The SMILES string of the molecule is Cc1ccc(NC(=O)[C@H](CCCCN)NC(=O)NCCc2ccccc2)cc1. The Hall–Kier alpha value is -2.86. The molecule has 0 unspecified atom stereocenters. The highest BCUT2D eigenvalue weighted by atomic mass is 16.2. The molecule has 150 valence electrons. The van der Waals surface area contributed by atoms with E-state index >= 15 is 0 Å². The van der Waals surface area contributed by atoms with Gasteiger partial charge < -0.3 is 21.7 Å². The number of benzene rings is 2. The molecule has 2 rings (SSSR count). The summed E-state index contributed by atoms with van der Waals surface area (Å²) in [5, 5.41) is 8.48. The van der Waals surface area contributed by atoms with Crippen molar-refractivity contribution in [2.24, 2.45) is 5.73 Å². The van der Waals surface area contributed by atoms with Crippen LogP contribution in [-0.2, 0) is 11.2 Å². The van der Waals surface area contributed by atoms with Crippen molar-refractivity contribution in [2.75, 3.05) is 18.4 Å². The first-order chi connectivity index (χ1) is 13.6. The molecule has 0 aliphatic rings. The van der Waals surface area contributed by atoms with Crippen LogP contribution in [0.1, 0.15) is 30.4 Å². The van der Waals surface area contributed by atoms with E-state index < -0.39 is 6.04 Å². The number of hydrogen-bond acceptors (Lipinski definition) is 3. The van der Waals surface area contributed by atoms with Gasteiger partial charge in [0.15, 0.2) is 0 Å². The molecule has 0 aromatic heterocycles. The minimum atomic E-state index is -0.607. The third-order valence-corrected chi connectivity index (χ3v) is 4.43. The zero-order chi connectivity index (χ0) is 20.2. The Kier molecular flexibility index (Phi) is 9.01. The second kappa shape index (κ2) is 11.8. The normalized spacial score (nSPS) is 11.5. The fourth-order valence-electron chi connectivity index (χ4n) is 2.80. The molecular formula is C22H30N4O2. The number of carbonyl (C=O) groups is 2. The largest absolute Gasteiger partial charge is 0.338 e. The molecule has 6 heteroatoms. The fraction of sp³-hybridized carbons (Fsp3) is 0.364. The highest BCUT2D eigenvalue weighted by Gasteiger charge is 2.20. The first kappa shape index (κ1) is 21.4. The molecule has 0 fully saturated rings. The number of aryl methyl sites for hydroxylation is 1. The number of carbonyl (C=O) groups excluding carboxylic acids is 2. The molecule has 1 atom stereocenters. The number of rotatable bonds is 10. The van der Waals surface area contributed by atoms with E-state index in [1.165, 1.54) is 0 Å². The number of urea groups is 1. The molecule has 0 spiro atoms. The molecule has 0 aliphatic heterocycles. The van der Waals surface area contributed by atoms with Crippen LogP contribution in [0.15, 0.2) is 54.6 Å². The monoisotopic (exact) mass is 382 g/mol. The zero-order valence-corrected chi connectivity index (χ0v) is 16.4. The Bertz CT molecular complexity index is 732. The van der Waals surface area contributed by atoms with Crippen molar-refractivity contribution in [3.05, 3.63) is 65.7 Å². The molecule has 0 radical (unpaired) electrons. The van der Waals surface area contributed by atoms with Crippen LogP contribution >= 0.6 is 0 Å². The maximum absolute atomic E-state index is 12.6. The number of amides is 3. The van der Waals surface area contributed by atoms with Gasteiger partial charge in [-0.05, 0) is 56.8 Å². The maximum Gasteiger partial charge on any atom is 0.315 e. The first-order valence-electron chi connectivity index (χ1n) is 9.74. The van der Waals surface area contributed by atoms with Crippen molar-refractivity contribution in [1.29, 1.82) is 0 Å². The van der Waals surface area contributed by atoms with Gasteiger partial charge in [0, 0.05) is 12.2 Å². The summed E-state index contributed by atoms with van der Waals surface area (Å²) in [6.07, 6.45) is 2.86. The van der Waals surface area contributed by atoms with Gasteiger partial charge in [0.05, 0.1) is 0 Å². The summed E-state index contributed by atoms with van der Waals surface area (Å²) in [5.41, 5.74) is 8.54. The summed E-state index contributed by atoms with van der Waals surface area (Å²) in [6.45, 7) is 3.06. The molecule has 0 heterocycles. The van der Waals surface area contributed by atoms with E-state index in [1.807, 2.05) is 61.5 Å². The molecule has 3 amide bonds. The van der Waals surface area contributed by atoms with Crippen LogP contribution in [0.5, 0.6) is 0 Å². The predicted octanol–water partition coefficient (Wildman–Crippen LogP) is 2.97. The van der Waals surface area contributed by atoms with Gasteiger partial charge in [-0.15, -0.1) is 0 Å². The number of anilines is 1. The lowest BCUT2D eigenvalue weighted by Gasteiger charge is -2.19. The van der Waals surface area contributed by atoms with E-state index in [2.05, 4.69) is 16.0 Å². The minimum Gasteiger partial charge on any atom is -0.338 e. The summed E-state index contributed by atoms with van der Waals surface area (Å²) in [7, 11) is 0. The van der Waals surface area contributed by atoms with E-state index in [-0.39, 0.29) is 11.9 Å². The van der Waals surface area contributed by atoms with Crippen LogP contribution in [-0.4, -0.2) is 31.1 Å². The summed E-state index contributed by atoms with van der Waals surface area (Å²) >= 11 is 0. The van der Waals surface area contributed by atoms with Gasteiger partial charge in [0.2, 0.25) is 5.91 Å². The van der Waals surface area contributed by atoms with Crippen molar-refractivity contribution in [1.82, 2.24) is 10.6 Å². The molecule has 6 nitrogen and oxygen atoms in total. The molecule has 2 aromatic carbocycles. The Morgan fingerprint density at radius 3 is 2.39 bits per heavy atom.